The van der Waals surface area contributed by atoms with E-state index < -0.39 is 0 Å². The van der Waals surface area contributed by atoms with Crippen molar-refractivity contribution in [2.75, 3.05) is 24.3 Å². The Bertz CT molecular complexity index is 2310. The quantitative estimate of drug-likeness (QED) is 0.0791. The number of aromatic nitrogens is 7. The Labute approximate surface area is 411 Å². The van der Waals surface area contributed by atoms with Crippen LogP contribution in [0.25, 0.3) is 5.69 Å². The summed E-state index contributed by atoms with van der Waals surface area (Å²) in [6, 6.07) is 21.2. The third-order valence-corrected chi connectivity index (χ3v) is 11.7. The molecule has 5 heterocycles. The van der Waals surface area contributed by atoms with E-state index in [1.807, 2.05) is 55.6 Å². The first-order valence-electron chi connectivity index (χ1n) is 21.3. The molecule has 336 valence electrons. The first kappa shape index (κ1) is 48.8. The molecule has 0 amide bonds. The first-order valence-corrected chi connectivity index (χ1v) is 23.6. The maximum Gasteiger partial charge on any atom is 0.230 e. The predicted molar refractivity (Wildman–Crippen MR) is 267 cm³/mol. The van der Waals surface area contributed by atoms with Gasteiger partial charge in [0.1, 0.15) is 17.7 Å². The van der Waals surface area contributed by atoms with E-state index in [2.05, 4.69) is 93.4 Å². The number of ether oxygens (including phenoxy) is 2. The third-order valence-electron chi connectivity index (χ3n) is 11.2. The van der Waals surface area contributed by atoms with E-state index in [0.29, 0.717) is 35.8 Å². The molecule has 0 bridgehead atoms. The van der Waals surface area contributed by atoms with E-state index in [1.165, 1.54) is 9.99 Å². The van der Waals surface area contributed by atoms with Crippen molar-refractivity contribution >= 4 is 75.5 Å². The number of rotatable bonds is 10. The van der Waals surface area contributed by atoms with E-state index in [-0.39, 0.29) is 42.1 Å². The Morgan fingerprint density at radius 2 is 1.52 bits per heavy atom. The molecule has 0 unspecified atom stereocenters. The van der Waals surface area contributed by atoms with Crippen molar-refractivity contribution in [1.29, 1.82) is 0 Å². The van der Waals surface area contributed by atoms with Crippen molar-refractivity contribution in [1.82, 2.24) is 44.7 Å². The molecule has 6 aromatic rings. The zero-order valence-corrected chi connectivity index (χ0v) is 42.0. The summed E-state index contributed by atoms with van der Waals surface area (Å²) in [6.07, 6.45) is 13.6. The zero-order chi connectivity index (χ0) is 43.4. The van der Waals surface area contributed by atoms with Gasteiger partial charge in [0.2, 0.25) is 17.7 Å². The highest BCUT2D eigenvalue weighted by Gasteiger charge is 2.31. The molecular formula is C46H56Cl2I2N10O3. The third kappa shape index (κ3) is 13.7. The normalized spacial score (nSPS) is 19.5. The molecule has 63 heavy (non-hydrogen) atoms. The molecule has 2 aliphatic carbocycles. The van der Waals surface area contributed by atoms with Gasteiger partial charge < -0.3 is 19.6 Å². The van der Waals surface area contributed by atoms with Crippen molar-refractivity contribution in [3.63, 3.8) is 0 Å². The molecule has 2 fully saturated rings. The molecule has 2 N–H and O–H groups in total. The summed E-state index contributed by atoms with van der Waals surface area (Å²) in [7, 11) is 4.10. The summed E-state index contributed by atoms with van der Waals surface area (Å²) < 4.78 is 21.5. The number of hydrogen-bond acceptors (Lipinski definition) is 12. The van der Waals surface area contributed by atoms with Gasteiger partial charge in [0.15, 0.2) is 5.82 Å². The number of nitrogens with zero attached hydrogens (tertiary/aromatic N) is 9. The molecule has 3 aliphatic rings. The van der Waals surface area contributed by atoms with Crippen molar-refractivity contribution in [3.8, 4) is 17.3 Å². The number of nitrogen functional groups attached to an aromatic ring is 1. The van der Waals surface area contributed by atoms with Gasteiger partial charge in [0, 0.05) is 59.1 Å². The second kappa shape index (κ2) is 24.1. The lowest BCUT2D eigenvalue weighted by Crippen LogP contribution is -2.25. The van der Waals surface area contributed by atoms with E-state index in [1.54, 1.807) is 24.7 Å². The summed E-state index contributed by atoms with van der Waals surface area (Å²) in [5, 5.41) is 19.2. The van der Waals surface area contributed by atoms with Crippen LogP contribution in [0.4, 0.5) is 5.69 Å². The van der Waals surface area contributed by atoms with E-state index in [4.69, 9.17) is 42.8 Å². The molecule has 4 aromatic heterocycles. The van der Waals surface area contributed by atoms with Gasteiger partial charge >= 0.3 is 0 Å². The summed E-state index contributed by atoms with van der Waals surface area (Å²) in [5.74, 6) is 5.60. The topological polar surface area (TPSA) is 146 Å². The summed E-state index contributed by atoms with van der Waals surface area (Å²) >= 11 is 14.6. The van der Waals surface area contributed by atoms with Gasteiger partial charge in [-0.2, -0.15) is 0 Å². The van der Waals surface area contributed by atoms with Gasteiger partial charge in [-0.05, 0) is 136 Å². The molecular weight excluding hydrogens is 1070 g/mol. The minimum atomic E-state index is 0. The van der Waals surface area contributed by atoms with Gasteiger partial charge in [0.05, 0.1) is 31.1 Å². The Morgan fingerprint density at radius 3 is 2.24 bits per heavy atom. The van der Waals surface area contributed by atoms with Gasteiger partial charge in [-0.1, -0.05) is 58.8 Å². The minimum absolute atomic E-state index is 0. The smallest absolute Gasteiger partial charge is 0.230 e. The minimum Gasteiger partial charge on any atom is -0.489 e. The molecule has 9 rings (SSSR count). The summed E-state index contributed by atoms with van der Waals surface area (Å²) in [4.78, 5) is 12.7. The first-order chi connectivity index (χ1) is 30.1. The predicted octanol–water partition coefficient (Wildman–Crippen LogP) is 10.9. The average molecular weight is 1120 g/mol. The van der Waals surface area contributed by atoms with Crippen LogP contribution >= 0.6 is 69.8 Å². The Kier molecular flexibility index (Phi) is 18.6. The van der Waals surface area contributed by atoms with Crippen molar-refractivity contribution in [2.45, 2.75) is 109 Å². The Hall–Kier alpha value is -3.62. The molecule has 17 heteroatoms. The lowest BCUT2D eigenvalue weighted by Gasteiger charge is -2.28. The largest absolute Gasteiger partial charge is 0.489 e. The molecule has 2 aromatic carbocycles. The Morgan fingerprint density at radius 1 is 0.810 bits per heavy atom. The number of fused-ring (bicyclic) bond motifs is 3. The van der Waals surface area contributed by atoms with Gasteiger partial charge in [-0.3, -0.25) is 19.4 Å². The number of pyridine rings is 2. The van der Waals surface area contributed by atoms with Gasteiger partial charge in [0.25, 0.3) is 0 Å². The SMILES string of the molecule is CCI.CN(Cc1nnc(C2CCC(Oc3cccnc3)CC2)o1)Cc1cc(Cl)ccc1N.CN1Cc2cc(Cl)ccc2-n2c(nnc2C2CCC(Oc3ccccn3)CC2)C1.I. The van der Waals surface area contributed by atoms with Crippen LogP contribution in [0.5, 0.6) is 11.6 Å². The lowest BCUT2D eigenvalue weighted by atomic mass is 9.86. The van der Waals surface area contributed by atoms with Crippen LogP contribution in [0.15, 0.2) is 89.7 Å². The fraction of sp³-hybridized carbons (Fsp3) is 0.435. The number of anilines is 1. The van der Waals surface area contributed by atoms with Gasteiger partial charge in [-0.25, -0.2) is 4.98 Å². The molecule has 0 atom stereocenters. The molecule has 0 saturated heterocycles. The van der Waals surface area contributed by atoms with Crippen molar-refractivity contribution in [2.24, 2.45) is 0 Å². The lowest BCUT2D eigenvalue weighted by molar-refractivity contribution is 0.139. The Balaban J connectivity index is 0.000000195. The van der Waals surface area contributed by atoms with Crippen LogP contribution in [0.1, 0.15) is 105 Å². The van der Waals surface area contributed by atoms with Crippen LogP contribution < -0.4 is 15.2 Å². The van der Waals surface area contributed by atoms with E-state index in [0.717, 1.165) is 110 Å². The van der Waals surface area contributed by atoms with E-state index in [9.17, 15) is 0 Å². The van der Waals surface area contributed by atoms with Crippen molar-refractivity contribution in [3.05, 3.63) is 130 Å². The number of hydrogen-bond donors (Lipinski definition) is 1. The maximum absolute atomic E-state index is 6.27. The van der Waals surface area contributed by atoms with E-state index >= 15 is 0 Å². The highest BCUT2D eigenvalue weighted by atomic mass is 127. The second-order valence-corrected chi connectivity index (χ2v) is 18.5. The average Bonchev–Trinajstić information content (AvgIpc) is 3.88. The second-order valence-electron chi connectivity index (χ2n) is 16.1. The van der Waals surface area contributed by atoms with Crippen LogP contribution in [-0.4, -0.2) is 75.5 Å². The molecule has 0 radical (unpaired) electrons. The fourth-order valence-corrected chi connectivity index (χ4v) is 8.68. The zero-order valence-electron chi connectivity index (χ0n) is 36.0. The number of benzene rings is 2. The van der Waals surface area contributed by atoms with Gasteiger partial charge in [-0.15, -0.1) is 44.4 Å². The fourth-order valence-electron chi connectivity index (χ4n) is 8.29. The standard InChI is InChI=1S/C22H26ClN5O2.C22H24ClN5O.C2H5I.HI/c1-28(13-16-11-17(23)6-9-20(16)24)14-21-26-27-22(30-21)15-4-7-18(8-5-15)29-19-3-2-10-25-12-19;1-27-13-16-12-17(23)7-10-19(16)28-20(14-27)25-26-22(28)15-5-8-18(9-6-15)29-21-4-2-3-11-24-21;1-2-3;/h2-3,6,9-12,15,18H,4-5,7-8,13-14,24H2,1H3;2-4,7,10-12,15,18H,5-6,8-9,13-14H2,1H3;2H2,1H3;1H. The molecule has 13 nitrogen and oxygen atoms in total. The maximum atomic E-state index is 6.27. The monoisotopic (exact) mass is 1120 g/mol. The van der Waals surface area contributed by atoms with Crippen molar-refractivity contribution < 1.29 is 13.9 Å². The van der Waals surface area contributed by atoms with Crippen LogP contribution in [0.3, 0.4) is 0 Å². The summed E-state index contributed by atoms with van der Waals surface area (Å²) in [5.41, 5.74) is 10.1. The molecule has 1 aliphatic heterocycles. The molecule has 0 spiro atoms. The summed E-state index contributed by atoms with van der Waals surface area (Å²) in [6.45, 7) is 4.95. The van der Waals surface area contributed by atoms with Crippen LogP contribution in [-0.2, 0) is 26.2 Å². The van der Waals surface area contributed by atoms with Crippen LogP contribution in [0, 0.1) is 0 Å². The van der Waals surface area contributed by atoms with Crippen LogP contribution in [0.2, 0.25) is 10.0 Å². The highest BCUT2D eigenvalue weighted by Crippen LogP contribution is 2.37. The number of nitrogens with two attached hydrogens (primary N) is 1. The number of alkyl halides is 1. The molecule has 2 saturated carbocycles. The highest BCUT2D eigenvalue weighted by molar-refractivity contribution is 14.1. The number of halogens is 4.